The average molecular weight is 355 g/mol. The first-order valence-corrected chi connectivity index (χ1v) is 8.50. The lowest BCUT2D eigenvalue weighted by atomic mass is 10.1. The second-order valence-electron chi connectivity index (χ2n) is 5.92. The molecule has 0 saturated heterocycles. The van der Waals surface area contributed by atoms with E-state index in [0.717, 1.165) is 29.1 Å². The van der Waals surface area contributed by atoms with E-state index in [4.69, 9.17) is 11.6 Å². The molecule has 1 atom stereocenters. The molecule has 0 saturated carbocycles. The molecule has 1 N–H and O–H groups in total. The van der Waals surface area contributed by atoms with Crippen LogP contribution in [-0.4, -0.2) is 26.7 Å². The SMILES string of the molecule is C[C@@H](CCc1ccccc1Cl)NC(=O)c1ccc(-n2cnnc2)cc1. The molecule has 5 nitrogen and oxygen atoms in total. The van der Waals surface area contributed by atoms with Gasteiger partial charge in [0, 0.05) is 22.3 Å². The van der Waals surface area contributed by atoms with Crippen LogP contribution in [0.3, 0.4) is 0 Å². The van der Waals surface area contributed by atoms with Crippen molar-refractivity contribution in [2.45, 2.75) is 25.8 Å². The van der Waals surface area contributed by atoms with Crippen molar-refractivity contribution in [3.8, 4) is 5.69 Å². The van der Waals surface area contributed by atoms with Crippen LogP contribution in [0.25, 0.3) is 5.69 Å². The number of nitrogens with one attached hydrogen (secondary N) is 1. The van der Waals surface area contributed by atoms with E-state index in [0.29, 0.717) is 5.56 Å². The predicted octanol–water partition coefficient (Wildman–Crippen LogP) is 3.67. The molecule has 1 amide bonds. The number of carbonyl (C=O) groups excluding carboxylic acids is 1. The van der Waals surface area contributed by atoms with E-state index >= 15 is 0 Å². The summed E-state index contributed by atoms with van der Waals surface area (Å²) in [5.41, 5.74) is 2.64. The first kappa shape index (κ1) is 17.2. The minimum Gasteiger partial charge on any atom is -0.350 e. The second kappa shape index (κ2) is 7.94. The van der Waals surface area contributed by atoms with Crippen LogP contribution in [0.15, 0.2) is 61.2 Å². The molecule has 2 aromatic carbocycles. The Bertz CT molecular complexity index is 831. The molecule has 6 heteroatoms. The zero-order chi connectivity index (χ0) is 17.6. The van der Waals surface area contributed by atoms with E-state index in [-0.39, 0.29) is 11.9 Å². The Morgan fingerprint density at radius 2 is 1.80 bits per heavy atom. The highest BCUT2D eigenvalue weighted by Crippen LogP contribution is 2.17. The van der Waals surface area contributed by atoms with E-state index in [2.05, 4.69) is 15.5 Å². The van der Waals surface area contributed by atoms with Crippen LogP contribution in [-0.2, 0) is 6.42 Å². The van der Waals surface area contributed by atoms with Crippen molar-refractivity contribution in [1.29, 1.82) is 0 Å². The topological polar surface area (TPSA) is 59.8 Å². The second-order valence-corrected chi connectivity index (χ2v) is 6.33. The molecule has 0 aliphatic carbocycles. The van der Waals surface area contributed by atoms with E-state index < -0.39 is 0 Å². The fourth-order valence-corrected chi connectivity index (χ4v) is 2.80. The predicted molar refractivity (Wildman–Crippen MR) is 98.1 cm³/mol. The van der Waals surface area contributed by atoms with Gasteiger partial charge in [0.15, 0.2) is 0 Å². The number of aryl methyl sites for hydroxylation is 1. The van der Waals surface area contributed by atoms with Crippen LogP contribution in [0.1, 0.15) is 29.3 Å². The number of hydrogen-bond acceptors (Lipinski definition) is 3. The number of halogens is 1. The molecule has 1 heterocycles. The standard InChI is InChI=1S/C19H19ClN4O/c1-14(6-7-15-4-2-3-5-18(15)20)23-19(25)16-8-10-17(11-9-16)24-12-21-22-13-24/h2-5,8-14H,6-7H2,1H3,(H,23,25)/t14-/m0/s1. The Hall–Kier alpha value is -2.66. The number of amides is 1. The fourth-order valence-electron chi connectivity index (χ4n) is 2.57. The minimum atomic E-state index is -0.0815. The zero-order valence-electron chi connectivity index (χ0n) is 13.9. The van der Waals surface area contributed by atoms with Crippen molar-refractivity contribution in [3.05, 3.63) is 77.3 Å². The molecule has 0 unspecified atom stereocenters. The Labute approximate surface area is 151 Å². The lowest BCUT2D eigenvalue weighted by Gasteiger charge is -2.14. The Morgan fingerprint density at radius 3 is 2.48 bits per heavy atom. The van der Waals surface area contributed by atoms with Gasteiger partial charge < -0.3 is 5.32 Å². The maximum absolute atomic E-state index is 12.4. The Kier molecular flexibility index (Phi) is 5.46. The largest absolute Gasteiger partial charge is 0.350 e. The lowest BCUT2D eigenvalue weighted by molar-refractivity contribution is 0.0938. The summed E-state index contributed by atoms with van der Waals surface area (Å²) < 4.78 is 1.79. The molecular formula is C19H19ClN4O. The van der Waals surface area contributed by atoms with Gasteiger partial charge in [-0.05, 0) is 55.7 Å². The van der Waals surface area contributed by atoms with Crippen molar-refractivity contribution in [1.82, 2.24) is 20.1 Å². The van der Waals surface area contributed by atoms with Gasteiger partial charge in [-0.15, -0.1) is 10.2 Å². The van der Waals surface area contributed by atoms with E-state index in [1.165, 1.54) is 0 Å². The first-order chi connectivity index (χ1) is 12.1. The van der Waals surface area contributed by atoms with Gasteiger partial charge in [0.05, 0.1) is 0 Å². The van der Waals surface area contributed by atoms with Crippen molar-refractivity contribution in [3.63, 3.8) is 0 Å². The van der Waals surface area contributed by atoms with Gasteiger partial charge >= 0.3 is 0 Å². The number of hydrogen-bond donors (Lipinski definition) is 1. The molecule has 0 bridgehead atoms. The lowest BCUT2D eigenvalue weighted by Crippen LogP contribution is -2.32. The van der Waals surface area contributed by atoms with Crippen molar-refractivity contribution < 1.29 is 4.79 Å². The molecule has 3 rings (SSSR count). The van der Waals surface area contributed by atoms with Crippen LogP contribution >= 0.6 is 11.6 Å². The van der Waals surface area contributed by atoms with E-state index in [9.17, 15) is 4.79 Å². The van der Waals surface area contributed by atoms with Gasteiger partial charge in [0.25, 0.3) is 5.91 Å². The number of benzene rings is 2. The highest BCUT2D eigenvalue weighted by atomic mass is 35.5. The quantitative estimate of drug-likeness (QED) is 0.734. The smallest absolute Gasteiger partial charge is 0.251 e. The van der Waals surface area contributed by atoms with Crippen LogP contribution < -0.4 is 5.32 Å². The van der Waals surface area contributed by atoms with Crippen LogP contribution in [0.2, 0.25) is 5.02 Å². The van der Waals surface area contributed by atoms with Crippen LogP contribution in [0, 0.1) is 0 Å². The molecule has 25 heavy (non-hydrogen) atoms. The third kappa shape index (κ3) is 4.45. The molecule has 0 spiro atoms. The normalized spacial score (nSPS) is 11.9. The molecule has 0 aliphatic heterocycles. The summed E-state index contributed by atoms with van der Waals surface area (Å²) in [7, 11) is 0. The molecule has 1 aromatic heterocycles. The Balaban J connectivity index is 1.55. The van der Waals surface area contributed by atoms with Crippen molar-refractivity contribution >= 4 is 17.5 Å². The average Bonchev–Trinajstić information content (AvgIpc) is 3.16. The summed E-state index contributed by atoms with van der Waals surface area (Å²) >= 11 is 6.17. The summed E-state index contributed by atoms with van der Waals surface area (Å²) in [6, 6.07) is 15.2. The van der Waals surface area contributed by atoms with Crippen LogP contribution in [0.5, 0.6) is 0 Å². The van der Waals surface area contributed by atoms with Gasteiger partial charge in [-0.3, -0.25) is 9.36 Å². The summed E-state index contributed by atoms with van der Waals surface area (Å²) in [5, 5.41) is 11.3. The first-order valence-electron chi connectivity index (χ1n) is 8.13. The number of carbonyl (C=O) groups is 1. The van der Waals surface area contributed by atoms with Gasteiger partial charge in [-0.25, -0.2) is 0 Å². The van der Waals surface area contributed by atoms with Crippen LogP contribution in [0.4, 0.5) is 0 Å². The van der Waals surface area contributed by atoms with Gasteiger partial charge in [0.1, 0.15) is 12.7 Å². The zero-order valence-corrected chi connectivity index (χ0v) is 14.6. The van der Waals surface area contributed by atoms with Gasteiger partial charge in [-0.2, -0.15) is 0 Å². The molecule has 128 valence electrons. The summed E-state index contributed by atoms with van der Waals surface area (Å²) in [4.78, 5) is 12.4. The highest BCUT2D eigenvalue weighted by Gasteiger charge is 2.11. The maximum Gasteiger partial charge on any atom is 0.251 e. The third-order valence-corrected chi connectivity index (χ3v) is 4.40. The summed E-state index contributed by atoms with van der Waals surface area (Å²) in [6.45, 7) is 2.00. The minimum absolute atomic E-state index is 0.0568. The maximum atomic E-state index is 12.4. The highest BCUT2D eigenvalue weighted by molar-refractivity contribution is 6.31. The van der Waals surface area contributed by atoms with Gasteiger partial charge in [0.2, 0.25) is 0 Å². The van der Waals surface area contributed by atoms with Gasteiger partial charge in [-0.1, -0.05) is 29.8 Å². The fraction of sp³-hybridized carbons (Fsp3) is 0.211. The van der Waals surface area contributed by atoms with E-state index in [1.54, 1.807) is 29.4 Å². The number of rotatable bonds is 6. The van der Waals surface area contributed by atoms with E-state index in [1.807, 2.05) is 43.3 Å². The summed E-state index contributed by atoms with van der Waals surface area (Å²) in [5.74, 6) is -0.0815. The van der Waals surface area contributed by atoms with Crippen molar-refractivity contribution in [2.75, 3.05) is 0 Å². The monoisotopic (exact) mass is 354 g/mol. The molecular weight excluding hydrogens is 336 g/mol. The molecule has 0 radical (unpaired) electrons. The molecule has 0 fully saturated rings. The molecule has 3 aromatic rings. The third-order valence-electron chi connectivity index (χ3n) is 4.03. The number of nitrogens with zero attached hydrogens (tertiary/aromatic N) is 3. The number of aromatic nitrogens is 3. The Morgan fingerprint density at radius 1 is 1.12 bits per heavy atom. The van der Waals surface area contributed by atoms with Crippen molar-refractivity contribution in [2.24, 2.45) is 0 Å². The molecule has 0 aliphatic rings. The summed E-state index contributed by atoms with van der Waals surface area (Å²) in [6.07, 6.45) is 4.89.